The van der Waals surface area contributed by atoms with E-state index in [9.17, 15) is 0 Å². The molecule has 23 heavy (non-hydrogen) atoms. The fourth-order valence-electron chi connectivity index (χ4n) is 3.95. The Hall–Kier alpha value is -1.41. The monoisotopic (exact) mass is 323 g/mol. The molecular formula is C21H29NSi. The number of benzene rings is 1. The fraction of sp³-hybridized carbons (Fsp3) is 0.476. The molecule has 1 aromatic carbocycles. The van der Waals surface area contributed by atoms with Gasteiger partial charge in [-0.25, -0.2) is 0 Å². The number of hydrogen-bond acceptors (Lipinski definition) is 1. The second-order valence-corrected chi connectivity index (χ2v) is 13.3. The summed E-state index contributed by atoms with van der Waals surface area (Å²) in [7, 11) is -1.35. The summed E-state index contributed by atoms with van der Waals surface area (Å²) < 4.78 is 0. The molecule has 1 aliphatic rings. The molecular weight excluding hydrogens is 294 g/mol. The molecule has 0 aliphatic heterocycles. The van der Waals surface area contributed by atoms with Gasteiger partial charge in [-0.05, 0) is 61.6 Å². The van der Waals surface area contributed by atoms with Crippen molar-refractivity contribution in [2.75, 3.05) is 0 Å². The Kier molecular flexibility index (Phi) is 4.46. The molecule has 1 aromatic heterocycles. The van der Waals surface area contributed by atoms with Crippen molar-refractivity contribution < 1.29 is 0 Å². The summed E-state index contributed by atoms with van der Waals surface area (Å²) in [6.07, 6.45) is 7.68. The minimum atomic E-state index is -1.35. The first-order valence-corrected chi connectivity index (χ1v) is 12.4. The van der Waals surface area contributed by atoms with Crippen molar-refractivity contribution in [1.29, 1.82) is 0 Å². The van der Waals surface area contributed by atoms with Crippen LogP contribution in [0, 0.1) is 13.8 Å². The third kappa shape index (κ3) is 3.58. The van der Waals surface area contributed by atoms with Crippen LogP contribution in [0.3, 0.4) is 0 Å². The molecule has 2 aromatic rings. The van der Waals surface area contributed by atoms with E-state index in [-0.39, 0.29) is 0 Å². The van der Waals surface area contributed by atoms with Crippen molar-refractivity contribution in [3.05, 3.63) is 47.2 Å². The van der Waals surface area contributed by atoms with Crippen LogP contribution in [-0.2, 0) is 0 Å². The molecule has 1 fully saturated rings. The predicted molar refractivity (Wildman–Crippen MR) is 103 cm³/mol. The standard InChI is InChI=1S/C21H29NSi/c1-15-10-16(2)12-18(11-15)20-13-19(17-8-6-7-9-17)21(14-22-20)23(3,4)5/h10-14,17H,6-9H2,1-5H3. The normalized spacial score (nSPS) is 16.0. The van der Waals surface area contributed by atoms with E-state index >= 15 is 0 Å². The second kappa shape index (κ2) is 6.24. The Labute approximate surface area is 142 Å². The number of hydrogen-bond donors (Lipinski definition) is 0. The highest BCUT2D eigenvalue weighted by molar-refractivity contribution is 6.89. The number of pyridine rings is 1. The van der Waals surface area contributed by atoms with Gasteiger partial charge in [0.25, 0.3) is 0 Å². The molecule has 3 rings (SSSR count). The molecule has 0 saturated heterocycles. The third-order valence-corrected chi connectivity index (χ3v) is 7.09. The fourth-order valence-corrected chi connectivity index (χ4v) is 5.55. The van der Waals surface area contributed by atoms with Crippen LogP contribution in [0.4, 0.5) is 0 Å². The minimum Gasteiger partial charge on any atom is -0.256 e. The van der Waals surface area contributed by atoms with Gasteiger partial charge in [0.15, 0.2) is 0 Å². The van der Waals surface area contributed by atoms with Crippen LogP contribution in [0.15, 0.2) is 30.5 Å². The van der Waals surface area contributed by atoms with E-state index in [0.29, 0.717) is 0 Å². The van der Waals surface area contributed by atoms with Gasteiger partial charge in [0.05, 0.1) is 13.8 Å². The zero-order valence-corrected chi connectivity index (χ0v) is 16.2. The molecule has 0 amide bonds. The lowest BCUT2D eigenvalue weighted by Crippen LogP contribution is -2.41. The molecule has 0 N–H and O–H groups in total. The maximum atomic E-state index is 4.86. The van der Waals surface area contributed by atoms with Crippen LogP contribution in [-0.4, -0.2) is 13.1 Å². The highest BCUT2D eigenvalue weighted by Crippen LogP contribution is 2.35. The van der Waals surface area contributed by atoms with Gasteiger partial charge in [0.1, 0.15) is 0 Å². The minimum absolute atomic E-state index is 0.754. The first kappa shape index (κ1) is 16.4. The van der Waals surface area contributed by atoms with Gasteiger partial charge in [0, 0.05) is 11.8 Å². The van der Waals surface area contributed by atoms with Crippen molar-refractivity contribution in [3.8, 4) is 11.3 Å². The van der Waals surface area contributed by atoms with Gasteiger partial charge in [-0.2, -0.15) is 0 Å². The van der Waals surface area contributed by atoms with Crippen LogP contribution >= 0.6 is 0 Å². The van der Waals surface area contributed by atoms with Crippen molar-refractivity contribution >= 4 is 13.3 Å². The molecule has 0 atom stereocenters. The third-order valence-electron chi connectivity index (χ3n) is 5.06. The van der Waals surface area contributed by atoms with Crippen molar-refractivity contribution in [3.63, 3.8) is 0 Å². The molecule has 1 nitrogen and oxygen atoms in total. The number of aryl methyl sites for hydroxylation is 2. The molecule has 122 valence electrons. The zero-order chi connectivity index (χ0) is 16.6. The molecule has 1 saturated carbocycles. The van der Waals surface area contributed by atoms with E-state index < -0.39 is 8.07 Å². The van der Waals surface area contributed by atoms with E-state index in [2.05, 4.69) is 64.0 Å². The predicted octanol–water partition coefficient (Wildman–Crippen LogP) is 5.57. The molecule has 0 spiro atoms. The highest BCUT2D eigenvalue weighted by Gasteiger charge is 2.27. The maximum absolute atomic E-state index is 4.86. The molecule has 0 bridgehead atoms. The quantitative estimate of drug-likeness (QED) is 0.673. The first-order chi connectivity index (χ1) is 10.8. The Morgan fingerprint density at radius 2 is 1.52 bits per heavy atom. The summed E-state index contributed by atoms with van der Waals surface area (Å²) in [4.78, 5) is 4.86. The molecule has 1 heterocycles. The summed E-state index contributed by atoms with van der Waals surface area (Å²) in [5, 5.41) is 1.57. The molecule has 1 aliphatic carbocycles. The van der Waals surface area contributed by atoms with Crippen LogP contribution in [0.5, 0.6) is 0 Å². The maximum Gasteiger partial charge on any atom is 0.0799 e. The van der Waals surface area contributed by atoms with E-state index in [4.69, 9.17) is 4.98 Å². The highest BCUT2D eigenvalue weighted by atomic mass is 28.3. The van der Waals surface area contributed by atoms with Gasteiger partial charge >= 0.3 is 0 Å². The van der Waals surface area contributed by atoms with Gasteiger partial charge < -0.3 is 0 Å². The van der Waals surface area contributed by atoms with Crippen molar-refractivity contribution in [1.82, 2.24) is 4.98 Å². The summed E-state index contributed by atoms with van der Waals surface area (Å²) in [5.41, 5.74) is 6.66. The lowest BCUT2D eigenvalue weighted by molar-refractivity contribution is 0.726. The van der Waals surface area contributed by atoms with Gasteiger partial charge in [-0.3, -0.25) is 4.98 Å². The average molecular weight is 324 g/mol. The van der Waals surface area contributed by atoms with Crippen LogP contribution in [0.25, 0.3) is 11.3 Å². The van der Waals surface area contributed by atoms with Crippen LogP contribution < -0.4 is 5.19 Å². The Balaban J connectivity index is 2.11. The summed E-state index contributed by atoms with van der Waals surface area (Å²) >= 11 is 0. The summed E-state index contributed by atoms with van der Waals surface area (Å²) in [6, 6.07) is 9.18. The van der Waals surface area contributed by atoms with Gasteiger partial charge in [0.2, 0.25) is 0 Å². The lowest BCUT2D eigenvalue weighted by Gasteiger charge is -2.24. The molecule has 0 radical (unpaired) electrons. The lowest BCUT2D eigenvalue weighted by atomic mass is 9.96. The van der Waals surface area contributed by atoms with Crippen LogP contribution in [0.1, 0.15) is 48.3 Å². The zero-order valence-electron chi connectivity index (χ0n) is 15.2. The smallest absolute Gasteiger partial charge is 0.0799 e. The molecule has 0 unspecified atom stereocenters. The summed E-state index contributed by atoms with van der Waals surface area (Å²) in [6.45, 7) is 11.7. The van der Waals surface area contributed by atoms with Gasteiger partial charge in [-0.1, -0.05) is 49.7 Å². The first-order valence-electron chi connectivity index (χ1n) is 8.94. The van der Waals surface area contributed by atoms with E-state index in [1.807, 2.05) is 0 Å². The largest absolute Gasteiger partial charge is 0.256 e. The number of rotatable bonds is 3. The number of nitrogens with zero attached hydrogens (tertiary/aromatic N) is 1. The Morgan fingerprint density at radius 1 is 0.913 bits per heavy atom. The Morgan fingerprint density at radius 3 is 2.09 bits per heavy atom. The van der Waals surface area contributed by atoms with Gasteiger partial charge in [-0.15, -0.1) is 0 Å². The average Bonchev–Trinajstić information content (AvgIpc) is 2.98. The number of aromatic nitrogens is 1. The second-order valence-electron chi connectivity index (χ2n) is 8.26. The Bertz CT molecular complexity index is 686. The molecule has 2 heteroatoms. The van der Waals surface area contributed by atoms with Crippen molar-refractivity contribution in [2.24, 2.45) is 0 Å². The summed E-state index contributed by atoms with van der Waals surface area (Å²) in [5.74, 6) is 0.754. The van der Waals surface area contributed by atoms with E-state index in [0.717, 1.165) is 11.6 Å². The topological polar surface area (TPSA) is 12.9 Å². The van der Waals surface area contributed by atoms with E-state index in [1.165, 1.54) is 42.4 Å². The van der Waals surface area contributed by atoms with E-state index in [1.54, 1.807) is 10.8 Å². The van der Waals surface area contributed by atoms with Crippen molar-refractivity contribution in [2.45, 2.75) is 65.1 Å². The SMILES string of the molecule is Cc1cc(C)cc(-c2cc(C3CCCC3)c([Si](C)(C)C)cn2)c1. The van der Waals surface area contributed by atoms with Crippen LogP contribution in [0.2, 0.25) is 19.6 Å².